The molecule has 0 aliphatic carbocycles. The SMILES string of the molecule is Cc1ccc([C@@H](C)NC(=O)C(N)CC(N)=O)cc1. The van der Waals surface area contributed by atoms with E-state index in [4.69, 9.17) is 11.5 Å². The van der Waals surface area contributed by atoms with Crippen LogP contribution in [0.1, 0.15) is 30.5 Å². The third-order valence-electron chi connectivity index (χ3n) is 2.69. The van der Waals surface area contributed by atoms with Gasteiger partial charge in [0, 0.05) is 0 Å². The molecule has 1 unspecified atom stereocenters. The number of amides is 2. The Kier molecular flexibility index (Phi) is 4.85. The van der Waals surface area contributed by atoms with E-state index in [1.807, 2.05) is 38.1 Å². The van der Waals surface area contributed by atoms with Crippen LogP contribution in [0.4, 0.5) is 0 Å². The molecule has 5 nitrogen and oxygen atoms in total. The molecule has 2 atom stereocenters. The predicted octanol–water partition coefficient (Wildman–Crippen LogP) is 0.375. The zero-order chi connectivity index (χ0) is 13.7. The highest BCUT2D eigenvalue weighted by Crippen LogP contribution is 2.13. The minimum Gasteiger partial charge on any atom is -0.370 e. The first-order valence-electron chi connectivity index (χ1n) is 5.81. The number of benzene rings is 1. The molecule has 0 bridgehead atoms. The van der Waals surface area contributed by atoms with Crippen LogP contribution in [0.5, 0.6) is 0 Å². The maximum atomic E-state index is 11.7. The molecule has 0 heterocycles. The van der Waals surface area contributed by atoms with Crippen molar-refractivity contribution in [1.82, 2.24) is 5.32 Å². The molecule has 0 saturated heterocycles. The summed E-state index contributed by atoms with van der Waals surface area (Å²) in [7, 11) is 0. The van der Waals surface area contributed by atoms with Crippen LogP contribution in [-0.2, 0) is 9.59 Å². The van der Waals surface area contributed by atoms with Gasteiger partial charge in [-0.25, -0.2) is 0 Å². The molecule has 1 aromatic rings. The van der Waals surface area contributed by atoms with Crippen LogP contribution in [0.3, 0.4) is 0 Å². The van der Waals surface area contributed by atoms with Gasteiger partial charge < -0.3 is 16.8 Å². The molecule has 1 rings (SSSR count). The maximum absolute atomic E-state index is 11.7. The third-order valence-corrected chi connectivity index (χ3v) is 2.69. The Bertz CT molecular complexity index is 428. The third kappa shape index (κ3) is 4.18. The van der Waals surface area contributed by atoms with Gasteiger partial charge >= 0.3 is 0 Å². The van der Waals surface area contributed by atoms with Gasteiger partial charge in [0.2, 0.25) is 11.8 Å². The molecule has 0 fully saturated rings. The lowest BCUT2D eigenvalue weighted by Gasteiger charge is -2.17. The number of hydrogen-bond acceptors (Lipinski definition) is 3. The Labute approximate surface area is 107 Å². The fraction of sp³-hybridized carbons (Fsp3) is 0.385. The van der Waals surface area contributed by atoms with Gasteiger partial charge in [-0.3, -0.25) is 9.59 Å². The number of aryl methyl sites for hydroxylation is 1. The van der Waals surface area contributed by atoms with Gasteiger partial charge in [0.15, 0.2) is 0 Å². The van der Waals surface area contributed by atoms with E-state index in [0.717, 1.165) is 11.1 Å². The summed E-state index contributed by atoms with van der Waals surface area (Å²) < 4.78 is 0. The van der Waals surface area contributed by atoms with E-state index in [-0.39, 0.29) is 18.4 Å². The number of nitrogens with two attached hydrogens (primary N) is 2. The molecule has 5 heteroatoms. The Morgan fingerprint density at radius 2 is 1.83 bits per heavy atom. The van der Waals surface area contributed by atoms with Crippen molar-refractivity contribution in [3.8, 4) is 0 Å². The van der Waals surface area contributed by atoms with Crippen LogP contribution >= 0.6 is 0 Å². The van der Waals surface area contributed by atoms with Gasteiger partial charge in [0.1, 0.15) is 0 Å². The van der Waals surface area contributed by atoms with E-state index in [1.165, 1.54) is 0 Å². The minimum absolute atomic E-state index is 0.146. The van der Waals surface area contributed by atoms with E-state index < -0.39 is 11.9 Å². The molecule has 0 aliphatic heterocycles. The lowest BCUT2D eigenvalue weighted by atomic mass is 10.1. The molecule has 2 amide bonds. The lowest BCUT2D eigenvalue weighted by molar-refractivity contribution is -0.126. The second kappa shape index (κ2) is 6.16. The van der Waals surface area contributed by atoms with Crippen molar-refractivity contribution in [2.45, 2.75) is 32.4 Å². The monoisotopic (exact) mass is 249 g/mol. The lowest BCUT2D eigenvalue weighted by Crippen LogP contribution is -2.43. The second-order valence-corrected chi connectivity index (χ2v) is 4.42. The molecular weight excluding hydrogens is 230 g/mol. The highest BCUT2D eigenvalue weighted by Gasteiger charge is 2.18. The van der Waals surface area contributed by atoms with Crippen molar-refractivity contribution in [3.05, 3.63) is 35.4 Å². The van der Waals surface area contributed by atoms with Crippen molar-refractivity contribution < 1.29 is 9.59 Å². The van der Waals surface area contributed by atoms with Gasteiger partial charge in [0.25, 0.3) is 0 Å². The number of nitrogens with one attached hydrogen (secondary N) is 1. The first kappa shape index (κ1) is 14.2. The number of rotatable bonds is 5. The summed E-state index contributed by atoms with van der Waals surface area (Å²) >= 11 is 0. The fourth-order valence-electron chi connectivity index (χ4n) is 1.57. The fourth-order valence-corrected chi connectivity index (χ4v) is 1.57. The topological polar surface area (TPSA) is 98.2 Å². The summed E-state index contributed by atoms with van der Waals surface area (Å²) in [5, 5.41) is 2.75. The first-order chi connectivity index (χ1) is 8.40. The number of hydrogen-bond donors (Lipinski definition) is 3. The molecule has 0 spiro atoms. The molecule has 98 valence electrons. The van der Waals surface area contributed by atoms with Crippen LogP contribution in [-0.4, -0.2) is 17.9 Å². The number of carbonyl (C=O) groups excluding carboxylic acids is 2. The Morgan fingerprint density at radius 1 is 1.28 bits per heavy atom. The summed E-state index contributed by atoms with van der Waals surface area (Å²) in [6.45, 7) is 3.86. The van der Waals surface area contributed by atoms with Crippen molar-refractivity contribution in [3.63, 3.8) is 0 Å². The molecule has 5 N–H and O–H groups in total. The molecule has 0 aromatic heterocycles. The van der Waals surface area contributed by atoms with E-state index >= 15 is 0 Å². The Hall–Kier alpha value is -1.88. The molecule has 0 saturated carbocycles. The second-order valence-electron chi connectivity index (χ2n) is 4.42. The average molecular weight is 249 g/mol. The van der Waals surface area contributed by atoms with E-state index in [9.17, 15) is 9.59 Å². The van der Waals surface area contributed by atoms with Crippen LogP contribution in [0, 0.1) is 6.92 Å². The van der Waals surface area contributed by atoms with Crippen LogP contribution in [0.15, 0.2) is 24.3 Å². The quantitative estimate of drug-likeness (QED) is 0.703. The van der Waals surface area contributed by atoms with E-state index in [2.05, 4.69) is 5.32 Å². The van der Waals surface area contributed by atoms with Crippen molar-refractivity contribution in [2.24, 2.45) is 11.5 Å². The highest BCUT2D eigenvalue weighted by molar-refractivity contribution is 5.87. The van der Waals surface area contributed by atoms with E-state index in [1.54, 1.807) is 0 Å². The van der Waals surface area contributed by atoms with Crippen LogP contribution in [0.25, 0.3) is 0 Å². The average Bonchev–Trinajstić information content (AvgIpc) is 2.28. The largest absolute Gasteiger partial charge is 0.370 e. The smallest absolute Gasteiger partial charge is 0.237 e. The zero-order valence-electron chi connectivity index (χ0n) is 10.6. The van der Waals surface area contributed by atoms with Gasteiger partial charge in [0.05, 0.1) is 18.5 Å². The van der Waals surface area contributed by atoms with Crippen molar-refractivity contribution >= 4 is 11.8 Å². The summed E-state index contributed by atoms with van der Waals surface area (Å²) in [4.78, 5) is 22.4. The van der Waals surface area contributed by atoms with Gasteiger partial charge in [-0.1, -0.05) is 29.8 Å². The van der Waals surface area contributed by atoms with E-state index in [0.29, 0.717) is 0 Å². The summed E-state index contributed by atoms with van der Waals surface area (Å²) in [5.74, 6) is -0.956. The number of primary amides is 1. The zero-order valence-corrected chi connectivity index (χ0v) is 10.6. The summed E-state index contributed by atoms with van der Waals surface area (Å²) in [6, 6.07) is 6.79. The van der Waals surface area contributed by atoms with Gasteiger partial charge in [-0.15, -0.1) is 0 Å². The molecule has 18 heavy (non-hydrogen) atoms. The summed E-state index contributed by atoms with van der Waals surface area (Å²) in [5.41, 5.74) is 12.7. The molecule has 0 radical (unpaired) electrons. The Balaban J connectivity index is 2.59. The normalized spacial score (nSPS) is 13.7. The minimum atomic E-state index is -0.893. The molecule has 1 aromatic carbocycles. The van der Waals surface area contributed by atoms with Crippen LogP contribution in [0.2, 0.25) is 0 Å². The first-order valence-corrected chi connectivity index (χ1v) is 5.81. The Morgan fingerprint density at radius 3 is 2.33 bits per heavy atom. The summed E-state index contributed by atoms with van der Waals surface area (Å²) in [6.07, 6.45) is -0.146. The molecular formula is C13H19N3O2. The number of carbonyl (C=O) groups is 2. The predicted molar refractivity (Wildman–Crippen MR) is 69.5 cm³/mol. The van der Waals surface area contributed by atoms with Gasteiger partial charge in [-0.2, -0.15) is 0 Å². The maximum Gasteiger partial charge on any atom is 0.237 e. The van der Waals surface area contributed by atoms with Crippen molar-refractivity contribution in [2.75, 3.05) is 0 Å². The van der Waals surface area contributed by atoms with Crippen molar-refractivity contribution in [1.29, 1.82) is 0 Å². The molecule has 0 aliphatic rings. The van der Waals surface area contributed by atoms with Gasteiger partial charge in [-0.05, 0) is 19.4 Å². The highest BCUT2D eigenvalue weighted by atomic mass is 16.2. The van der Waals surface area contributed by atoms with Crippen LogP contribution < -0.4 is 16.8 Å². The standard InChI is InChI=1S/C13H19N3O2/c1-8-3-5-10(6-4-8)9(2)16-13(18)11(14)7-12(15)17/h3-6,9,11H,7,14H2,1-2H3,(H2,15,17)(H,16,18)/t9-,11?/m1/s1.